The molecule has 0 fully saturated rings. The van der Waals surface area contributed by atoms with Crippen LogP contribution in [-0.4, -0.2) is 21.5 Å². The van der Waals surface area contributed by atoms with Crippen molar-refractivity contribution >= 4 is 6.09 Å². The summed E-state index contributed by atoms with van der Waals surface area (Å²) in [5.41, 5.74) is 1.77. The fraction of sp³-hybridized carbons (Fsp3) is 0.692. The predicted octanol–water partition coefficient (Wildman–Crippen LogP) is 3.11. The van der Waals surface area contributed by atoms with Crippen molar-refractivity contribution < 1.29 is 9.53 Å². The van der Waals surface area contributed by atoms with Crippen LogP contribution in [0.1, 0.15) is 57.7 Å². The molecule has 94 valence electrons. The third kappa shape index (κ3) is 2.68. The fourth-order valence-corrected chi connectivity index (χ4v) is 2.16. The van der Waals surface area contributed by atoms with Crippen LogP contribution in [0.15, 0.2) is 6.20 Å². The molecule has 1 unspecified atom stereocenters. The van der Waals surface area contributed by atoms with E-state index in [1.807, 2.05) is 27.0 Å². The molecule has 0 aliphatic heterocycles. The van der Waals surface area contributed by atoms with Crippen molar-refractivity contribution in [3.05, 3.63) is 17.5 Å². The lowest BCUT2D eigenvalue weighted by Gasteiger charge is -2.18. The zero-order valence-electron chi connectivity index (χ0n) is 11.0. The predicted molar refractivity (Wildman–Crippen MR) is 65.2 cm³/mol. The van der Waals surface area contributed by atoms with Gasteiger partial charge in [0.1, 0.15) is 5.60 Å². The SMILES string of the molecule is CC1CCCc2nn(C(=O)OC(C)(C)C)cc21. The topological polar surface area (TPSA) is 44.1 Å². The highest BCUT2D eigenvalue weighted by Crippen LogP contribution is 2.30. The van der Waals surface area contributed by atoms with Gasteiger partial charge in [-0.25, -0.2) is 4.79 Å². The van der Waals surface area contributed by atoms with Gasteiger partial charge in [-0.1, -0.05) is 6.92 Å². The first kappa shape index (κ1) is 12.1. The minimum Gasteiger partial charge on any atom is -0.442 e. The third-order valence-electron chi connectivity index (χ3n) is 2.99. The van der Waals surface area contributed by atoms with Gasteiger partial charge in [0.05, 0.1) is 5.69 Å². The van der Waals surface area contributed by atoms with Crippen molar-refractivity contribution in [1.82, 2.24) is 9.78 Å². The van der Waals surface area contributed by atoms with Gasteiger partial charge in [-0.15, -0.1) is 0 Å². The maximum absolute atomic E-state index is 11.9. The Hall–Kier alpha value is -1.32. The Kier molecular flexibility index (Phi) is 2.98. The summed E-state index contributed by atoms with van der Waals surface area (Å²) in [7, 11) is 0. The van der Waals surface area contributed by atoms with Crippen LogP contribution in [0.4, 0.5) is 4.79 Å². The van der Waals surface area contributed by atoms with Gasteiger partial charge < -0.3 is 4.74 Å². The highest BCUT2D eigenvalue weighted by Gasteiger charge is 2.24. The highest BCUT2D eigenvalue weighted by atomic mass is 16.6. The Labute approximate surface area is 102 Å². The number of carbonyl (C=O) groups excluding carboxylic acids is 1. The zero-order valence-corrected chi connectivity index (χ0v) is 11.0. The Bertz CT molecular complexity index is 429. The smallest absolute Gasteiger partial charge is 0.435 e. The number of fused-ring (bicyclic) bond motifs is 1. The molecule has 0 N–H and O–H groups in total. The van der Waals surface area contributed by atoms with E-state index in [0.717, 1.165) is 18.5 Å². The number of aromatic nitrogens is 2. The van der Waals surface area contributed by atoms with Crippen LogP contribution in [0.2, 0.25) is 0 Å². The first-order chi connectivity index (χ1) is 7.87. The van der Waals surface area contributed by atoms with E-state index in [-0.39, 0.29) is 6.09 Å². The average Bonchev–Trinajstić information content (AvgIpc) is 2.60. The molecule has 0 bridgehead atoms. The first-order valence-corrected chi connectivity index (χ1v) is 6.18. The summed E-state index contributed by atoms with van der Waals surface area (Å²) in [6.07, 6.45) is 4.73. The second kappa shape index (κ2) is 4.17. The third-order valence-corrected chi connectivity index (χ3v) is 2.99. The maximum Gasteiger partial charge on any atom is 0.435 e. The van der Waals surface area contributed by atoms with Crippen LogP contribution < -0.4 is 0 Å². The molecule has 17 heavy (non-hydrogen) atoms. The summed E-state index contributed by atoms with van der Waals surface area (Å²) in [6, 6.07) is 0. The molecule has 1 aliphatic carbocycles. The van der Waals surface area contributed by atoms with Crippen molar-refractivity contribution in [2.24, 2.45) is 0 Å². The van der Waals surface area contributed by atoms with Crippen LogP contribution in [0.3, 0.4) is 0 Å². The van der Waals surface area contributed by atoms with Gasteiger partial charge in [-0.05, 0) is 51.5 Å². The molecule has 1 aliphatic rings. The van der Waals surface area contributed by atoms with Gasteiger partial charge in [0.25, 0.3) is 0 Å². The van der Waals surface area contributed by atoms with Gasteiger partial charge in [0.15, 0.2) is 0 Å². The Morgan fingerprint density at radius 2 is 2.24 bits per heavy atom. The Morgan fingerprint density at radius 3 is 2.82 bits per heavy atom. The largest absolute Gasteiger partial charge is 0.442 e. The normalized spacial score (nSPS) is 19.9. The van der Waals surface area contributed by atoms with E-state index in [4.69, 9.17) is 4.74 Å². The van der Waals surface area contributed by atoms with Crippen molar-refractivity contribution in [2.75, 3.05) is 0 Å². The van der Waals surface area contributed by atoms with Crippen LogP contribution >= 0.6 is 0 Å². The van der Waals surface area contributed by atoms with Crippen molar-refractivity contribution in [1.29, 1.82) is 0 Å². The fourth-order valence-electron chi connectivity index (χ4n) is 2.16. The van der Waals surface area contributed by atoms with Gasteiger partial charge >= 0.3 is 6.09 Å². The number of ether oxygens (including phenoxy) is 1. The second-order valence-corrected chi connectivity index (χ2v) is 5.75. The standard InChI is InChI=1S/C13H20N2O2/c1-9-6-5-7-11-10(9)8-15(14-11)12(16)17-13(2,3)4/h8-9H,5-7H2,1-4H3. The number of nitrogens with zero attached hydrogens (tertiary/aromatic N) is 2. The van der Waals surface area contributed by atoms with Gasteiger partial charge in [-0.3, -0.25) is 0 Å². The summed E-state index contributed by atoms with van der Waals surface area (Å²) >= 11 is 0. The molecule has 0 spiro atoms. The zero-order chi connectivity index (χ0) is 12.6. The van der Waals surface area contributed by atoms with Crippen LogP contribution in [-0.2, 0) is 11.2 Å². The van der Waals surface area contributed by atoms with Crippen molar-refractivity contribution in [2.45, 2.75) is 58.5 Å². The molecule has 4 nitrogen and oxygen atoms in total. The van der Waals surface area contributed by atoms with E-state index in [0.29, 0.717) is 5.92 Å². The van der Waals surface area contributed by atoms with E-state index in [1.165, 1.54) is 16.7 Å². The summed E-state index contributed by atoms with van der Waals surface area (Å²) in [5.74, 6) is 0.495. The number of hydrogen-bond acceptors (Lipinski definition) is 3. The van der Waals surface area contributed by atoms with Crippen LogP contribution in [0, 0.1) is 0 Å². The minimum atomic E-state index is -0.477. The molecule has 4 heteroatoms. The molecule has 0 radical (unpaired) electrons. The first-order valence-electron chi connectivity index (χ1n) is 6.18. The second-order valence-electron chi connectivity index (χ2n) is 5.75. The summed E-state index contributed by atoms with van der Waals surface area (Å²) in [5, 5.41) is 4.33. The molecule has 1 atom stereocenters. The average molecular weight is 236 g/mol. The van der Waals surface area contributed by atoms with E-state index < -0.39 is 5.60 Å². The van der Waals surface area contributed by atoms with E-state index in [1.54, 1.807) is 0 Å². The van der Waals surface area contributed by atoms with Crippen molar-refractivity contribution in [3.8, 4) is 0 Å². The molecule has 0 saturated heterocycles. The van der Waals surface area contributed by atoms with Crippen molar-refractivity contribution in [3.63, 3.8) is 0 Å². The highest BCUT2D eigenvalue weighted by molar-refractivity contribution is 5.70. The molecular weight excluding hydrogens is 216 g/mol. The number of rotatable bonds is 0. The van der Waals surface area contributed by atoms with E-state index in [9.17, 15) is 4.79 Å². The quantitative estimate of drug-likeness (QED) is 0.695. The van der Waals surface area contributed by atoms with Gasteiger partial charge in [0, 0.05) is 6.20 Å². The molecule has 2 rings (SSSR count). The minimum absolute atomic E-state index is 0.390. The Morgan fingerprint density at radius 1 is 1.53 bits per heavy atom. The Balaban J connectivity index is 2.20. The summed E-state index contributed by atoms with van der Waals surface area (Å²) < 4.78 is 6.64. The van der Waals surface area contributed by atoms with Crippen LogP contribution in [0.25, 0.3) is 0 Å². The molecule has 1 aromatic heterocycles. The molecule has 0 aromatic carbocycles. The van der Waals surface area contributed by atoms with Crippen LogP contribution in [0.5, 0.6) is 0 Å². The molecule has 1 aromatic rings. The molecule has 1 heterocycles. The molecule has 0 saturated carbocycles. The maximum atomic E-state index is 11.9. The summed E-state index contributed by atoms with van der Waals surface area (Å²) in [4.78, 5) is 11.9. The van der Waals surface area contributed by atoms with Gasteiger partial charge in [0.2, 0.25) is 0 Å². The lowest BCUT2D eigenvalue weighted by atomic mass is 9.89. The number of hydrogen-bond donors (Lipinski definition) is 0. The molecule has 0 amide bonds. The summed E-state index contributed by atoms with van der Waals surface area (Å²) in [6.45, 7) is 7.75. The van der Waals surface area contributed by atoms with E-state index in [2.05, 4.69) is 12.0 Å². The molecular formula is C13H20N2O2. The lowest BCUT2D eigenvalue weighted by molar-refractivity contribution is 0.0514. The lowest BCUT2D eigenvalue weighted by Crippen LogP contribution is -2.27. The van der Waals surface area contributed by atoms with Gasteiger partial charge in [-0.2, -0.15) is 9.78 Å². The monoisotopic (exact) mass is 236 g/mol. The number of aryl methyl sites for hydroxylation is 1. The van der Waals surface area contributed by atoms with E-state index >= 15 is 0 Å². The number of carbonyl (C=O) groups is 1.